The monoisotopic (exact) mass is 378 g/mol. The van der Waals surface area contributed by atoms with Gasteiger partial charge < -0.3 is 4.90 Å². The second kappa shape index (κ2) is 7.56. The molecule has 27 heavy (non-hydrogen) atoms. The molecule has 1 aliphatic rings. The highest BCUT2D eigenvalue weighted by atomic mass is 32.2. The van der Waals surface area contributed by atoms with Crippen LogP contribution < -0.4 is 0 Å². The van der Waals surface area contributed by atoms with Crippen LogP contribution in [-0.4, -0.2) is 39.7 Å². The summed E-state index contributed by atoms with van der Waals surface area (Å²) in [6.07, 6.45) is 2.29. The number of benzene rings is 2. The molecule has 2 aromatic carbocycles. The molecule has 4 rings (SSSR count). The Bertz CT molecular complexity index is 920. The minimum absolute atomic E-state index is 0.0433. The van der Waals surface area contributed by atoms with Gasteiger partial charge >= 0.3 is 0 Å². The molecular weight excluding hydrogens is 356 g/mol. The molecule has 1 aliphatic carbocycles. The fourth-order valence-corrected chi connectivity index (χ4v) is 4.22. The maximum absolute atomic E-state index is 12.9. The van der Waals surface area contributed by atoms with Gasteiger partial charge in [0.25, 0.3) is 0 Å². The molecule has 0 aliphatic heterocycles. The van der Waals surface area contributed by atoms with E-state index in [9.17, 15) is 4.79 Å². The molecule has 6 heteroatoms. The maximum Gasteiger partial charge on any atom is 0.240 e. The van der Waals surface area contributed by atoms with Gasteiger partial charge in [-0.1, -0.05) is 60.3 Å². The zero-order chi connectivity index (χ0) is 18.8. The van der Waals surface area contributed by atoms with Crippen molar-refractivity contribution < 1.29 is 4.79 Å². The van der Waals surface area contributed by atoms with E-state index in [1.54, 1.807) is 19.0 Å². The number of rotatable bonds is 6. The Morgan fingerprint density at radius 1 is 1.04 bits per heavy atom. The molecule has 5 nitrogen and oxygen atoms in total. The van der Waals surface area contributed by atoms with Gasteiger partial charge in [0, 0.05) is 25.7 Å². The summed E-state index contributed by atoms with van der Waals surface area (Å²) in [5.74, 6) is 1.50. The maximum atomic E-state index is 12.9. The van der Waals surface area contributed by atoms with Gasteiger partial charge in [-0.25, -0.2) is 0 Å². The molecule has 0 N–H and O–H groups in total. The zero-order valence-corrected chi connectivity index (χ0v) is 16.3. The first kappa shape index (κ1) is 17.8. The van der Waals surface area contributed by atoms with Crippen molar-refractivity contribution in [1.29, 1.82) is 0 Å². The van der Waals surface area contributed by atoms with Crippen LogP contribution in [0.5, 0.6) is 0 Å². The minimum Gasteiger partial charge on any atom is -0.348 e. The fourth-order valence-electron chi connectivity index (χ4n) is 3.01. The third-order valence-corrected chi connectivity index (χ3v) is 5.79. The van der Waals surface area contributed by atoms with Crippen LogP contribution in [0.1, 0.15) is 35.4 Å². The molecule has 1 atom stereocenters. The molecule has 3 aromatic rings. The zero-order valence-electron chi connectivity index (χ0n) is 15.4. The second-order valence-corrected chi connectivity index (χ2v) is 8.00. The van der Waals surface area contributed by atoms with Gasteiger partial charge in [-0.3, -0.25) is 9.36 Å². The average Bonchev–Trinajstić information content (AvgIpc) is 3.46. The van der Waals surface area contributed by atoms with Gasteiger partial charge in [0.05, 0.1) is 0 Å². The van der Waals surface area contributed by atoms with E-state index in [1.165, 1.54) is 11.8 Å². The summed E-state index contributed by atoms with van der Waals surface area (Å²) in [6, 6.07) is 20.0. The molecule has 1 amide bonds. The number of nitrogens with zero attached hydrogens (tertiary/aromatic N) is 4. The topological polar surface area (TPSA) is 51.0 Å². The highest BCUT2D eigenvalue weighted by Crippen LogP contribution is 2.43. The van der Waals surface area contributed by atoms with E-state index in [1.807, 2.05) is 48.5 Å². The summed E-state index contributed by atoms with van der Waals surface area (Å²) >= 11 is 1.46. The summed E-state index contributed by atoms with van der Waals surface area (Å²) in [5.41, 5.74) is 2.01. The van der Waals surface area contributed by atoms with Crippen LogP contribution in [0.4, 0.5) is 0 Å². The number of hydrogen-bond donors (Lipinski definition) is 0. The highest BCUT2D eigenvalue weighted by molar-refractivity contribution is 8.00. The largest absolute Gasteiger partial charge is 0.348 e. The van der Waals surface area contributed by atoms with Crippen LogP contribution >= 0.6 is 11.8 Å². The summed E-state index contributed by atoms with van der Waals surface area (Å²) in [5, 5.41) is 9.33. The van der Waals surface area contributed by atoms with Crippen LogP contribution in [0.3, 0.4) is 0 Å². The van der Waals surface area contributed by atoms with Gasteiger partial charge in [-0.15, -0.1) is 10.2 Å². The van der Waals surface area contributed by atoms with Crippen molar-refractivity contribution in [1.82, 2.24) is 19.7 Å². The van der Waals surface area contributed by atoms with Crippen LogP contribution in [0.15, 0.2) is 65.8 Å². The van der Waals surface area contributed by atoms with Crippen molar-refractivity contribution in [2.24, 2.45) is 0 Å². The molecule has 138 valence electrons. The Kier molecular flexibility index (Phi) is 4.99. The number of likely N-dealkylation sites (N-methyl/N-ethyl adjacent to an activating group) is 1. The molecule has 1 fully saturated rings. The highest BCUT2D eigenvalue weighted by Gasteiger charge is 2.33. The molecule has 0 saturated heterocycles. The van der Waals surface area contributed by atoms with Gasteiger partial charge in [0.2, 0.25) is 5.91 Å². The number of hydrogen-bond acceptors (Lipinski definition) is 4. The van der Waals surface area contributed by atoms with Crippen molar-refractivity contribution in [3.63, 3.8) is 0 Å². The van der Waals surface area contributed by atoms with Crippen molar-refractivity contribution in [3.05, 3.63) is 72.1 Å². The molecule has 1 aromatic heterocycles. The van der Waals surface area contributed by atoms with Gasteiger partial charge in [0.1, 0.15) is 11.1 Å². The molecular formula is C21H22N4OS. The van der Waals surface area contributed by atoms with Gasteiger partial charge in [0.15, 0.2) is 5.16 Å². The molecule has 1 heterocycles. The number of thioether (sulfide) groups is 1. The first-order valence-corrected chi connectivity index (χ1v) is 9.96. The molecule has 0 radical (unpaired) electrons. The lowest BCUT2D eigenvalue weighted by molar-refractivity contribution is -0.128. The SMILES string of the molecule is CN(C)C(=O)[C@H](Sc1nnc(C2CC2)n1-c1ccccc1)c1ccccc1. The number of aromatic nitrogens is 3. The van der Waals surface area contributed by atoms with Crippen LogP contribution in [0, 0.1) is 0 Å². The summed E-state index contributed by atoms with van der Waals surface area (Å²) in [6.45, 7) is 0. The van der Waals surface area contributed by atoms with E-state index in [-0.39, 0.29) is 11.2 Å². The first-order valence-electron chi connectivity index (χ1n) is 9.08. The van der Waals surface area contributed by atoms with E-state index in [2.05, 4.69) is 26.9 Å². The van der Waals surface area contributed by atoms with Crippen molar-refractivity contribution in [2.45, 2.75) is 29.2 Å². The third kappa shape index (κ3) is 3.76. The van der Waals surface area contributed by atoms with Gasteiger partial charge in [-0.05, 0) is 30.5 Å². The van der Waals surface area contributed by atoms with Crippen LogP contribution in [0.25, 0.3) is 5.69 Å². The molecule has 0 bridgehead atoms. The predicted molar refractivity (Wildman–Crippen MR) is 107 cm³/mol. The van der Waals surface area contributed by atoms with Crippen LogP contribution in [-0.2, 0) is 4.79 Å². The summed E-state index contributed by atoms with van der Waals surface area (Å²) < 4.78 is 2.11. The van der Waals surface area contributed by atoms with E-state index in [4.69, 9.17) is 0 Å². The Morgan fingerprint density at radius 3 is 2.26 bits per heavy atom. The Labute approximate surface area is 163 Å². The normalized spacial score (nSPS) is 14.7. The van der Waals surface area contributed by atoms with E-state index in [0.717, 1.165) is 35.1 Å². The number of para-hydroxylation sites is 1. The Balaban J connectivity index is 1.75. The van der Waals surface area contributed by atoms with E-state index in [0.29, 0.717) is 5.92 Å². The number of carbonyl (C=O) groups is 1. The molecule has 0 unspecified atom stereocenters. The lowest BCUT2D eigenvalue weighted by Gasteiger charge is -2.20. The van der Waals surface area contributed by atoms with Crippen LogP contribution in [0.2, 0.25) is 0 Å². The molecule has 0 spiro atoms. The van der Waals surface area contributed by atoms with E-state index < -0.39 is 0 Å². The summed E-state index contributed by atoms with van der Waals surface area (Å²) in [7, 11) is 3.58. The quantitative estimate of drug-likeness (QED) is 0.607. The lowest BCUT2D eigenvalue weighted by atomic mass is 10.1. The minimum atomic E-state index is -0.361. The van der Waals surface area contributed by atoms with Crippen molar-refractivity contribution in [3.8, 4) is 5.69 Å². The van der Waals surface area contributed by atoms with E-state index >= 15 is 0 Å². The number of carbonyl (C=O) groups excluding carboxylic acids is 1. The second-order valence-electron chi connectivity index (χ2n) is 6.93. The first-order chi connectivity index (χ1) is 13.1. The molecule has 1 saturated carbocycles. The fraction of sp³-hybridized carbons (Fsp3) is 0.286. The predicted octanol–water partition coefficient (Wildman–Crippen LogP) is 4.07. The third-order valence-electron chi connectivity index (χ3n) is 4.61. The van der Waals surface area contributed by atoms with Gasteiger partial charge in [-0.2, -0.15) is 0 Å². The van der Waals surface area contributed by atoms with Crippen molar-refractivity contribution in [2.75, 3.05) is 14.1 Å². The average molecular weight is 379 g/mol. The Hall–Kier alpha value is -2.60. The lowest BCUT2D eigenvalue weighted by Crippen LogP contribution is -2.27. The standard InChI is InChI=1S/C21H22N4OS/c1-24(2)20(26)18(15-9-5-3-6-10-15)27-21-23-22-19(16-13-14-16)25(21)17-11-7-4-8-12-17/h3-12,16,18H,13-14H2,1-2H3/t18-/m1/s1. The Morgan fingerprint density at radius 2 is 1.67 bits per heavy atom. The smallest absolute Gasteiger partial charge is 0.240 e. The van der Waals surface area contributed by atoms with Crippen molar-refractivity contribution >= 4 is 17.7 Å². The summed E-state index contributed by atoms with van der Waals surface area (Å²) in [4.78, 5) is 14.5. The number of amides is 1.